The SMILES string of the molecule is Cc1ccc(-c2cnn3cc(N4CCC(N5CCOCC5)CC4)cnc23)c2ccccc12. The highest BCUT2D eigenvalue weighted by molar-refractivity contribution is 6.01. The molecule has 0 saturated carbocycles. The van der Waals surface area contributed by atoms with Gasteiger partial charge >= 0.3 is 0 Å². The zero-order chi connectivity index (χ0) is 21.5. The van der Waals surface area contributed by atoms with E-state index >= 15 is 0 Å². The first kappa shape index (κ1) is 19.7. The molecule has 32 heavy (non-hydrogen) atoms. The van der Waals surface area contributed by atoms with Crippen LogP contribution >= 0.6 is 0 Å². The van der Waals surface area contributed by atoms with E-state index in [2.05, 4.69) is 64.4 Å². The van der Waals surface area contributed by atoms with Crippen molar-refractivity contribution in [2.75, 3.05) is 44.3 Å². The summed E-state index contributed by atoms with van der Waals surface area (Å²) in [6, 6.07) is 13.6. The molecule has 2 saturated heterocycles. The van der Waals surface area contributed by atoms with Crippen LogP contribution in [0.4, 0.5) is 5.69 Å². The summed E-state index contributed by atoms with van der Waals surface area (Å²) in [5.74, 6) is 0. The van der Waals surface area contributed by atoms with Crippen LogP contribution in [0.1, 0.15) is 18.4 Å². The summed E-state index contributed by atoms with van der Waals surface area (Å²) < 4.78 is 7.45. The summed E-state index contributed by atoms with van der Waals surface area (Å²) in [7, 11) is 0. The molecule has 2 aliphatic rings. The van der Waals surface area contributed by atoms with Gasteiger partial charge < -0.3 is 9.64 Å². The molecule has 0 unspecified atom stereocenters. The summed E-state index contributed by atoms with van der Waals surface area (Å²) >= 11 is 0. The predicted octanol–water partition coefficient (Wildman–Crippen LogP) is 4.16. The molecule has 0 N–H and O–H groups in total. The Bertz CT molecular complexity index is 1250. The predicted molar refractivity (Wildman–Crippen MR) is 128 cm³/mol. The summed E-state index contributed by atoms with van der Waals surface area (Å²) in [6.07, 6.45) is 8.49. The van der Waals surface area contributed by atoms with E-state index in [4.69, 9.17) is 9.72 Å². The van der Waals surface area contributed by atoms with Crippen molar-refractivity contribution in [1.29, 1.82) is 0 Å². The van der Waals surface area contributed by atoms with Crippen LogP contribution in [0.3, 0.4) is 0 Å². The van der Waals surface area contributed by atoms with Crippen molar-refractivity contribution in [2.24, 2.45) is 0 Å². The number of hydrogen-bond donors (Lipinski definition) is 0. The number of morpholine rings is 1. The first-order valence-electron chi connectivity index (χ1n) is 11.7. The third kappa shape index (κ3) is 3.44. The summed E-state index contributed by atoms with van der Waals surface area (Å²) in [5.41, 5.74) is 5.62. The summed E-state index contributed by atoms with van der Waals surface area (Å²) in [6.45, 7) is 8.17. The molecule has 6 nitrogen and oxygen atoms in total. The van der Waals surface area contributed by atoms with E-state index in [0.29, 0.717) is 6.04 Å². The highest BCUT2D eigenvalue weighted by Crippen LogP contribution is 2.33. The highest BCUT2D eigenvalue weighted by Gasteiger charge is 2.26. The molecular weight excluding hydrogens is 398 g/mol. The molecule has 2 aromatic heterocycles. The fourth-order valence-electron chi connectivity index (χ4n) is 5.33. The van der Waals surface area contributed by atoms with E-state index in [1.54, 1.807) is 0 Å². The molecule has 164 valence electrons. The summed E-state index contributed by atoms with van der Waals surface area (Å²) in [4.78, 5) is 9.92. The molecule has 6 heteroatoms. The van der Waals surface area contributed by atoms with Crippen molar-refractivity contribution in [1.82, 2.24) is 19.5 Å². The van der Waals surface area contributed by atoms with Gasteiger partial charge in [-0.1, -0.05) is 36.4 Å². The number of piperidine rings is 1. The van der Waals surface area contributed by atoms with Crippen molar-refractivity contribution in [3.8, 4) is 11.1 Å². The molecular formula is C26H29N5O. The average Bonchev–Trinajstić information content (AvgIpc) is 3.28. The van der Waals surface area contributed by atoms with E-state index in [1.165, 1.54) is 34.7 Å². The smallest absolute Gasteiger partial charge is 0.162 e. The highest BCUT2D eigenvalue weighted by atomic mass is 16.5. The number of ether oxygens (including phenoxy) is 1. The lowest BCUT2D eigenvalue weighted by Gasteiger charge is -2.40. The molecule has 6 rings (SSSR count). The number of anilines is 1. The van der Waals surface area contributed by atoms with Crippen LogP contribution in [0.2, 0.25) is 0 Å². The van der Waals surface area contributed by atoms with Crippen LogP contribution in [-0.2, 0) is 4.74 Å². The Hall–Kier alpha value is -2.96. The van der Waals surface area contributed by atoms with E-state index in [1.807, 2.05) is 16.9 Å². The van der Waals surface area contributed by atoms with Gasteiger partial charge in [-0.05, 0) is 41.7 Å². The van der Waals surface area contributed by atoms with Gasteiger partial charge in [0.2, 0.25) is 0 Å². The van der Waals surface area contributed by atoms with Gasteiger partial charge in [-0.2, -0.15) is 5.10 Å². The number of aryl methyl sites for hydroxylation is 1. The molecule has 0 bridgehead atoms. The lowest BCUT2D eigenvalue weighted by Crippen LogP contribution is -2.49. The molecule has 0 aliphatic carbocycles. The second-order valence-corrected chi connectivity index (χ2v) is 8.98. The fraction of sp³-hybridized carbons (Fsp3) is 0.385. The number of benzene rings is 2. The minimum Gasteiger partial charge on any atom is -0.379 e. The second-order valence-electron chi connectivity index (χ2n) is 8.98. The van der Waals surface area contributed by atoms with Gasteiger partial charge in [-0.25, -0.2) is 9.50 Å². The average molecular weight is 428 g/mol. The van der Waals surface area contributed by atoms with Gasteiger partial charge in [0.15, 0.2) is 5.65 Å². The Morgan fingerprint density at radius 3 is 2.47 bits per heavy atom. The van der Waals surface area contributed by atoms with Crippen LogP contribution in [0.25, 0.3) is 27.5 Å². The molecule has 2 fully saturated rings. The Balaban J connectivity index is 1.26. The second kappa shape index (κ2) is 8.19. The molecule has 0 radical (unpaired) electrons. The van der Waals surface area contributed by atoms with Crippen LogP contribution in [0, 0.1) is 6.92 Å². The van der Waals surface area contributed by atoms with Gasteiger partial charge in [0.1, 0.15) is 0 Å². The standard InChI is InChI=1S/C26H29N5O/c1-19-6-7-24(23-5-3-2-4-22(19)23)25-17-28-31-18-21(16-27-26(25)31)29-10-8-20(9-11-29)30-12-14-32-15-13-30/h2-7,16-18,20H,8-15H2,1H3. The molecule has 0 atom stereocenters. The van der Waals surface area contributed by atoms with Crippen molar-refractivity contribution in [2.45, 2.75) is 25.8 Å². The molecule has 4 heterocycles. The first-order valence-corrected chi connectivity index (χ1v) is 11.7. The lowest BCUT2D eigenvalue weighted by atomic mass is 9.97. The van der Waals surface area contributed by atoms with E-state index < -0.39 is 0 Å². The number of rotatable bonds is 3. The monoisotopic (exact) mass is 427 g/mol. The normalized spacial score (nSPS) is 18.6. The Morgan fingerprint density at radius 1 is 0.875 bits per heavy atom. The third-order valence-electron chi connectivity index (χ3n) is 7.17. The van der Waals surface area contributed by atoms with E-state index in [9.17, 15) is 0 Å². The number of fused-ring (bicyclic) bond motifs is 2. The maximum absolute atomic E-state index is 5.52. The summed E-state index contributed by atoms with van der Waals surface area (Å²) in [5, 5.41) is 7.20. The van der Waals surface area contributed by atoms with E-state index in [0.717, 1.165) is 56.3 Å². The largest absolute Gasteiger partial charge is 0.379 e. The topological polar surface area (TPSA) is 45.9 Å². The minimum absolute atomic E-state index is 0.679. The fourth-order valence-corrected chi connectivity index (χ4v) is 5.33. The Kier molecular flexibility index (Phi) is 5.04. The van der Waals surface area contributed by atoms with Crippen molar-refractivity contribution >= 4 is 22.1 Å². The minimum atomic E-state index is 0.679. The molecule has 2 aromatic carbocycles. The van der Waals surface area contributed by atoms with Gasteiger partial charge in [0.05, 0.1) is 37.5 Å². The van der Waals surface area contributed by atoms with Gasteiger partial charge in [-0.15, -0.1) is 0 Å². The van der Waals surface area contributed by atoms with Crippen molar-refractivity contribution < 1.29 is 4.74 Å². The quantitative estimate of drug-likeness (QED) is 0.491. The van der Waals surface area contributed by atoms with Gasteiger partial charge in [0, 0.05) is 37.8 Å². The van der Waals surface area contributed by atoms with Crippen LogP contribution in [0.15, 0.2) is 55.0 Å². The molecule has 0 spiro atoms. The number of hydrogen-bond acceptors (Lipinski definition) is 5. The van der Waals surface area contributed by atoms with Gasteiger partial charge in [-0.3, -0.25) is 4.90 Å². The van der Waals surface area contributed by atoms with Gasteiger partial charge in [0.25, 0.3) is 0 Å². The lowest BCUT2D eigenvalue weighted by molar-refractivity contribution is 0.0115. The zero-order valence-corrected chi connectivity index (χ0v) is 18.6. The molecule has 0 amide bonds. The zero-order valence-electron chi connectivity index (χ0n) is 18.6. The maximum atomic E-state index is 5.52. The maximum Gasteiger partial charge on any atom is 0.162 e. The van der Waals surface area contributed by atoms with Crippen LogP contribution in [-0.4, -0.2) is 64.9 Å². The van der Waals surface area contributed by atoms with Crippen LogP contribution < -0.4 is 4.90 Å². The number of aromatic nitrogens is 3. The Morgan fingerprint density at radius 2 is 1.66 bits per heavy atom. The number of nitrogens with zero attached hydrogens (tertiary/aromatic N) is 5. The van der Waals surface area contributed by atoms with Crippen LogP contribution in [0.5, 0.6) is 0 Å². The molecule has 2 aliphatic heterocycles. The first-order chi connectivity index (χ1) is 15.8. The van der Waals surface area contributed by atoms with Crippen molar-refractivity contribution in [3.63, 3.8) is 0 Å². The van der Waals surface area contributed by atoms with E-state index in [-0.39, 0.29) is 0 Å². The van der Waals surface area contributed by atoms with Crippen molar-refractivity contribution in [3.05, 3.63) is 60.6 Å². The third-order valence-corrected chi connectivity index (χ3v) is 7.17. The Labute approximate surface area is 188 Å². The molecule has 4 aromatic rings.